The molecule has 0 saturated carbocycles. The minimum absolute atomic E-state index is 0. The number of nitriles is 2. The molecule has 26 heteroatoms. The van der Waals surface area contributed by atoms with Crippen molar-refractivity contribution in [3.05, 3.63) is 334 Å². The van der Waals surface area contributed by atoms with Crippen molar-refractivity contribution < 1.29 is 91.9 Å². The number of rotatable bonds is 20. The zero-order valence-corrected chi connectivity index (χ0v) is 74.7. The summed E-state index contributed by atoms with van der Waals surface area (Å²) in [4.78, 5) is 17.7. The van der Waals surface area contributed by atoms with E-state index in [4.69, 9.17) is 47.8 Å². The number of halogens is 6. The second-order valence-corrected chi connectivity index (χ2v) is 39.8. The van der Waals surface area contributed by atoms with Gasteiger partial charge in [0.15, 0.2) is 0 Å². The van der Waals surface area contributed by atoms with Gasteiger partial charge in [0.25, 0.3) is 0 Å². The van der Waals surface area contributed by atoms with Crippen molar-refractivity contribution in [3.63, 3.8) is 0 Å². The molecule has 0 aliphatic carbocycles. The molecule has 0 unspecified atom stereocenters. The Morgan fingerprint density at radius 1 is 0.268 bits per heavy atom. The van der Waals surface area contributed by atoms with Crippen molar-refractivity contribution in [1.29, 1.82) is 10.5 Å². The van der Waals surface area contributed by atoms with Crippen LogP contribution in [-0.2, 0) is 34.1 Å². The number of nitrogens with zero attached hydrogens (tertiary/aromatic N) is 6. The number of benzene rings is 10. The summed E-state index contributed by atoms with van der Waals surface area (Å²) >= 11 is 13.7. The van der Waals surface area contributed by atoms with Gasteiger partial charge < -0.3 is 0 Å². The number of hydrogen-bond donors (Lipinski definition) is 0. The first-order chi connectivity index (χ1) is 53.1. The smallest absolute Gasteiger partial charge is 0.253 e. The summed E-state index contributed by atoms with van der Waals surface area (Å²) in [6, 6.07) is 109. The molecule has 10 aromatic carbocycles. The largest absolute Gasteiger partial charge is 1.00 e. The zero-order valence-electron chi connectivity index (χ0n) is 60.9. The molecule has 0 spiro atoms. The maximum atomic E-state index is 8.49. The maximum absolute atomic E-state index is 8.49. The molecule has 0 atom stereocenters. The summed E-state index contributed by atoms with van der Waals surface area (Å²) in [5, 5.41) is 31.3. The normalized spacial score (nSPS) is 10.6. The SMILES string of the molecule is Brc1cnc2c(ccc3cc(Br)cnc32)c1.Brc1cnc2c(ccc3cc(Br)cnc32)c1.CC#N.CC#N.[Cu+].[Cu+].[O-][Cl+3]([O-])([O-])[O-].[O-][Cl+3]([O-])([O-])[O-].c1ccc([PH+](CCCCC[PH+](c2ccccc2)c2ccccc2)c2ccccc2)cc1.c1ccc([PH+](CCCCC[PH+](c2ccccc2)c2ccccc2)c2ccccc2)cc1. The van der Waals surface area contributed by atoms with E-state index in [0.717, 1.165) is 61.5 Å². The molecule has 584 valence electrons. The molecule has 0 fully saturated rings. The Bertz CT molecular complexity index is 4300. The van der Waals surface area contributed by atoms with E-state index in [9.17, 15) is 0 Å². The van der Waals surface area contributed by atoms with Crippen LogP contribution in [0.5, 0.6) is 0 Å². The molecule has 0 bridgehead atoms. The van der Waals surface area contributed by atoms with E-state index in [1.54, 1.807) is 36.9 Å². The summed E-state index contributed by atoms with van der Waals surface area (Å²) in [5.74, 6) is 0. The number of aromatic nitrogens is 4. The van der Waals surface area contributed by atoms with Crippen molar-refractivity contribution in [2.75, 3.05) is 24.6 Å². The minimum Gasteiger partial charge on any atom is -0.253 e. The molecule has 14 aromatic rings. The van der Waals surface area contributed by atoms with E-state index < -0.39 is 52.2 Å². The average Bonchev–Trinajstić information content (AvgIpc) is 0.794. The third-order valence-corrected chi connectivity index (χ3v) is 29.9. The molecule has 0 amide bonds. The zero-order chi connectivity index (χ0) is 78.9. The summed E-state index contributed by atoms with van der Waals surface area (Å²) in [5.41, 5.74) is 3.75. The van der Waals surface area contributed by atoms with Crippen molar-refractivity contribution >= 4 is 181 Å². The van der Waals surface area contributed by atoms with Crippen LogP contribution in [0.15, 0.2) is 334 Å². The number of fused-ring (bicyclic) bond motifs is 6. The van der Waals surface area contributed by atoms with Gasteiger partial charge in [-0.1, -0.05) is 170 Å². The molecule has 14 nitrogen and oxygen atoms in total. The van der Waals surface area contributed by atoms with Crippen LogP contribution in [0.1, 0.15) is 52.4 Å². The summed E-state index contributed by atoms with van der Waals surface area (Å²) in [6.45, 7) is 2.86. The van der Waals surface area contributed by atoms with Crippen LogP contribution in [0.4, 0.5) is 0 Å². The van der Waals surface area contributed by atoms with Gasteiger partial charge in [-0.3, -0.25) is 19.9 Å². The Kier molecular flexibility index (Phi) is 45.7. The fourth-order valence-electron chi connectivity index (χ4n) is 12.0. The van der Waals surface area contributed by atoms with E-state index in [1.807, 2.05) is 24.3 Å². The topological polar surface area (TPSA) is 284 Å². The van der Waals surface area contributed by atoms with Gasteiger partial charge in [-0.2, -0.15) is 10.5 Å². The number of pyridine rings is 4. The van der Waals surface area contributed by atoms with Crippen molar-refractivity contribution in [3.8, 4) is 12.1 Å². The Morgan fingerprint density at radius 3 is 0.536 bits per heavy atom. The quantitative estimate of drug-likeness (QED) is 0.0297. The van der Waals surface area contributed by atoms with E-state index in [-0.39, 0.29) is 34.1 Å². The summed E-state index contributed by atoms with van der Waals surface area (Å²) in [6.07, 6.45) is 20.4. The monoisotopic (exact) mass is 1960 g/mol. The molecule has 0 saturated heterocycles. The molecule has 112 heavy (non-hydrogen) atoms. The van der Waals surface area contributed by atoms with Crippen LogP contribution in [-0.4, -0.2) is 44.6 Å². The second-order valence-electron chi connectivity index (χ2n) is 24.2. The molecular weight excluding hydrogens is 1890 g/mol. The second kappa shape index (κ2) is 53.1. The first-order valence-electron chi connectivity index (χ1n) is 34.8. The molecule has 0 N–H and O–H groups in total. The fraction of sp³-hybridized carbons (Fsp3) is 0.140. The van der Waals surface area contributed by atoms with Gasteiger partial charge in [0, 0.05) is 78.1 Å². The van der Waals surface area contributed by atoms with E-state index in [0.29, 0.717) is 0 Å². The van der Waals surface area contributed by atoms with Gasteiger partial charge in [-0.25, -0.2) is 37.3 Å². The Hall–Kier alpha value is -6.24. The standard InChI is InChI=1S/2C29H30P2.2C12H6Br2N2.2C2H3N.2ClHO4.2Cu/c2*1-6-16-26(17-7-1)30(27-18-8-2-9-19-27)24-14-5-15-25-31(28-20-10-3-11-21-28)29-22-12-4-13-23-29;2*13-9-3-7-1-2-8-4-10(14)6-16-12(8)11(7)15-5-9;2*1-2-3;2*2-1(3,4)5;;/h2*1-4,6-13,16-23H,5,14-15,24-25H2;2*1-6H;2*1H3;2*(H,2,3,4,5);;/q;;;;;;;;2*+1/p+2. The fourth-order valence-corrected chi connectivity index (χ4v) is 24.2. The van der Waals surface area contributed by atoms with Crippen LogP contribution in [0, 0.1) is 43.1 Å². The third kappa shape index (κ3) is 35.5. The molecular formula is C86H82Br4Cl2Cu2N6O8P4+4. The van der Waals surface area contributed by atoms with E-state index in [1.165, 1.54) is 119 Å². The summed E-state index contributed by atoms with van der Waals surface area (Å²) in [7, 11) is -12.7. The third-order valence-electron chi connectivity index (χ3n) is 16.6. The Balaban J connectivity index is 0.000000256. The van der Waals surface area contributed by atoms with Gasteiger partial charge in [0.2, 0.25) is 0 Å². The Morgan fingerprint density at radius 2 is 0.402 bits per heavy atom. The van der Waals surface area contributed by atoms with E-state index in [2.05, 4.69) is 351 Å². The predicted octanol–water partition coefficient (Wildman–Crippen LogP) is 11.9. The van der Waals surface area contributed by atoms with Crippen molar-refractivity contribution in [2.24, 2.45) is 0 Å². The van der Waals surface area contributed by atoms with Crippen LogP contribution in [0.3, 0.4) is 0 Å². The van der Waals surface area contributed by atoms with E-state index >= 15 is 0 Å². The first kappa shape index (κ1) is 96.3. The van der Waals surface area contributed by atoms with Crippen LogP contribution >= 0.6 is 95.4 Å². The van der Waals surface area contributed by atoms with Crippen LogP contribution < -0.4 is 79.7 Å². The molecule has 4 heterocycles. The predicted molar refractivity (Wildman–Crippen MR) is 457 cm³/mol. The van der Waals surface area contributed by atoms with Crippen molar-refractivity contribution in [2.45, 2.75) is 52.4 Å². The minimum atomic E-state index is -4.94. The number of hydrogen-bond acceptors (Lipinski definition) is 14. The molecule has 14 rings (SSSR count). The molecule has 0 aliphatic rings. The summed E-state index contributed by atoms with van der Waals surface area (Å²) < 4.78 is 71.9. The maximum Gasteiger partial charge on any atom is 1.00 e. The van der Waals surface area contributed by atoms with Gasteiger partial charge in [-0.05, 0) is 224 Å². The van der Waals surface area contributed by atoms with Gasteiger partial charge >= 0.3 is 34.1 Å². The van der Waals surface area contributed by atoms with Crippen LogP contribution in [0.25, 0.3) is 43.6 Å². The first-order valence-corrected chi connectivity index (χ1v) is 47.3. The van der Waals surface area contributed by atoms with Crippen molar-refractivity contribution in [1.82, 2.24) is 19.9 Å². The molecule has 0 aliphatic heterocycles. The van der Waals surface area contributed by atoms with Crippen LogP contribution in [0.2, 0.25) is 0 Å². The van der Waals surface area contributed by atoms with Gasteiger partial charge in [0.05, 0.1) is 133 Å². The molecule has 4 aromatic heterocycles. The Labute approximate surface area is 719 Å². The number of unbranched alkanes of at least 4 members (excludes halogenated alkanes) is 4. The van der Waals surface area contributed by atoms with Gasteiger partial charge in [0.1, 0.15) is 0 Å². The molecule has 0 radical (unpaired) electrons. The van der Waals surface area contributed by atoms with Gasteiger partial charge in [-0.15, -0.1) is 20.5 Å². The average molecular weight is 1970 g/mol.